The predicted molar refractivity (Wildman–Crippen MR) is 92.0 cm³/mol. The summed E-state index contributed by atoms with van der Waals surface area (Å²) in [7, 11) is 1.15. The molecular weight excluding hydrogens is 399 g/mol. The molecule has 0 spiro atoms. The van der Waals surface area contributed by atoms with Gasteiger partial charge in [0.25, 0.3) is 11.6 Å². The molecule has 2 aromatic rings. The number of methoxy groups -OCH3 is 1. The van der Waals surface area contributed by atoms with Gasteiger partial charge in [0, 0.05) is 6.07 Å². The number of rotatable bonds is 7. The summed E-state index contributed by atoms with van der Waals surface area (Å²) < 4.78 is 24.0. The summed E-state index contributed by atoms with van der Waals surface area (Å²) in [5, 5.41) is 13.4. The highest BCUT2D eigenvalue weighted by molar-refractivity contribution is 9.10. The van der Waals surface area contributed by atoms with Gasteiger partial charge in [-0.3, -0.25) is 14.9 Å². The van der Waals surface area contributed by atoms with Gasteiger partial charge in [0.1, 0.15) is 6.61 Å². The number of carbonyl (C=O) groups excluding carboxylic acids is 1. The second-order valence-corrected chi connectivity index (χ2v) is 5.74. The number of hydrogen-bond acceptors (Lipinski definition) is 5. The molecule has 0 heterocycles. The Bertz CT molecular complexity index is 786. The fourth-order valence-corrected chi connectivity index (χ4v) is 2.45. The maximum atomic E-state index is 14.1. The Morgan fingerprint density at radius 1 is 1.36 bits per heavy atom. The Kier molecular flexibility index (Phi) is 6.43. The summed E-state index contributed by atoms with van der Waals surface area (Å²) >= 11 is 2.88. The normalized spacial score (nSPS) is 10.4. The van der Waals surface area contributed by atoms with E-state index in [-0.39, 0.29) is 23.4 Å². The first-order chi connectivity index (χ1) is 11.9. The van der Waals surface area contributed by atoms with E-state index in [4.69, 9.17) is 9.47 Å². The van der Waals surface area contributed by atoms with Crippen LogP contribution in [0.3, 0.4) is 0 Å². The van der Waals surface area contributed by atoms with Crippen LogP contribution in [0.4, 0.5) is 15.8 Å². The van der Waals surface area contributed by atoms with Crippen molar-refractivity contribution in [2.45, 2.75) is 6.61 Å². The maximum Gasteiger partial charge on any atom is 0.297 e. The number of hydrogen-bond donors (Lipinski definition) is 1. The van der Waals surface area contributed by atoms with Crippen molar-refractivity contribution >= 4 is 33.2 Å². The highest BCUT2D eigenvalue weighted by Crippen LogP contribution is 2.40. The van der Waals surface area contributed by atoms with E-state index in [9.17, 15) is 19.3 Å². The second kappa shape index (κ2) is 8.54. The first kappa shape index (κ1) is 18.8. The number of halogens is 2. The molecule has 0 aliphatic carbocycles. The van der Waals surface area contributed by atoms with E-state index < -0.39 is 28.1 Å². The van der Waals surface area contributed by atoms with Crippen molar-refractivity contribution in [3.8, 4) is 5.75 Å². The molecular formula is C16H14BrFN2O5. The second-order valence-electron chi connectivity index (χ2n) is 4.88. The average Bonchev–Trinajstić information content (AvgIpc) is 2.59. The molecule has 1 amide bonds. The predicted octanol–water partition coefficient (Wildman–Crippen LogP) is 3.66. The quantitative estimate of drug-likeness (QED) is 0.553. The molecule has 0 saturated carbocycles. The maximum absolute atomic E-state index is 14.1. The lowest BCUT2D eigenvalue weighted by molar-refractivity contribution is -0.384. The van der Waals surface area contributed by atoms with Crippen molar-refractivity contribution in [3.63, 3.8) is 0 Å². The van der Waals surface area contributed by atoms with Crippen molar-refractivity contribution in [1.82, 2.24) is 0 Å². The van der Waals surface area contributed by atoms with E-state index in [1.54, 1.807) is 0 Å². The molecule has 132 valence electrons. The smallest absolute Gasteiger partial charge is 0.297 e. The van der Waals surface area contributed by atoms with Crippen molar-refractivity contribution < 1.29 is 23.6 Å². The first-order valence-electron chi connectivity index (χ1n) is 7.06. The Morgan fingerprint density at radius 2 is 2.04 bits per heavy atom. The molecule has 2 rings (SSSR count). The number of ether oxygens (including phenoxy) is 2. The van der Waals surface area contributed by atoms with Crippen LogP contribution < -0.4 is 10.1 Å². The lowest BCUT2D eigenvalue weighted by Crippen LogP contribution is -2.20. The molecule has 0 unspecified atom stereocenters. The van der Waals surface area contributed by atoms with Crippen molar-refractivity contribution in [2.75, 3.05) is 19.0 Å². The van der Waals surface area contributed by atoms with Gasteiger partial charge in [-0.15, -0.1) is 0 Å². The van der Waals surface area contributed by atoms with Crippen molar-refractivity contribution in [3.05, 3.63) is 62.4 Å². The van der Waals surface area contributed by atoms with Gasteiger partial charge in [0.05, 0.1) is 23.1 Å². The summed E-state index contributed by atoms with van der Waals surface area (Å²) in [4.78, 5) is 22.4. The van der Waals surface area contributed by atoms with E-state index in [1.165, 1.54) is 0 Å². The molecule has 2 aromatic carbocycles. The van der Waals surface area contributed by atoms with Crippen LogP contribution in [0.15, 0.2) is 40.9 Å². The highest BCUT2D eigenvalue weighted by atomic mass is 79.9. The van der Waals surface area contributed by atoms with Gasteiger partial charge in [-0.05, 0) is 21.5 Å². The molecule has 0 radical (unpaired) electrons. The molecule has 7 nitrogen and oxygen atoms in total. The van der Waals surface area contributed by atoms with Gasteiger partial charge in [-0.1, -0.05) is 30.3 Å². The number of anilines is 1. The van der Waals surface area contributed by atoms with Crippen LogP contribution >= 0.6 is 15.9 Å². The lowest BCUT2D eigenvalue weighted by atomic mass is 10.2. The first-order valence-corrected chi connectivity index (χ1v) is 7.85. The minimum absolute atomic E-state index is 0.144. The highest BCUT2D eigenvalue weighted by Gasteiger charge is 2.26. The number of amides is 1. The number of nitro groups is 1. The SMILES string of the molecule is COc1c(F)c(Br)cc([N+](=O)[O-])c1NC(=O)COCc1ccccc1. The fraction of sp³-hybridized carbons (Fsp3) is 0.188. The third kappa shape index (κ3) is 4.74. The third-order valence-corrected chi connectivity index (χ3v) is 3.74. The fourth-order valence-electron chi connectivity index (χ4n) is 2.06. The van der Waals surface area contributed by atoms with Crippen molar-refractivity contribution in [2.24, 2.45) is 0 Å². The minimum Gasteiger partial charge on any atom is -0.491 e. The number of nitrogens with one attached hydrogen (secondary N) is 1. The van der Waals surface area contributed by atoms with Gasteiger partial charge < -0.3 is 14.8 Å². The van der Waals surface area contributed by atoms with Crippen LogP contribution in [0.5, 0.6) is 5.75 Å². The molecule has 0 aromatic heterocycles. The Hall–Kier alpha value is -2.52. The number of nitrogens with zero attached hydrogens (tertiary/aromatic N) is 1. The van der Waals surface area contributed by atoms with Crippen LogP contribution in [-0.4, -0.2) is 24.5 Å². The Balaban J connectivity index is 2.11. The van der Waals surface area contributed by atoms with Crippen LogP contribution in [0, 0.1) is 15.9 Å². The number of benzene rings is 2. The molecule has 0 fully saturated rings. The van der Waals surface area contributed by atoms with E-state index >= 15 is 0 Å². The van der Waals surface area contributed by atoms with E-state index in [0.717, 1.165) is 18.7 Å². The lowest BCUT2D eigenvalue weighted by Gasteiger charge is -2.12. The average molecular weight is 413 g/mol. The summed E-state index contributed by atoms with van der Waals surface area (Å²) in [5.41, 5.74) is 0.0107. The van der Waals surface area contributed by atoms with E-state index in [1.807, 2.05) is 30.3 Å². The van der Waals surface area contributed by atoms with Crippen LogP contribution in [-0.2, 0) is 16.1 Å². The largest absolute Gasteiger partial charge is 0.491 e. The third-order valence-electron chi connectivity index (χ3n) is 3.17. The summed E-state index contributed by atoms with van der Waals surface area (Å²) in [5.74, 6) is -1.95. The molecule has 0 saturated heterocycles. The zero-order valence-electron chi connectivity index (χ0n) is 13.1. The number of carbonyl (C=O) groups is 1. The monoisotopic (exact) mass is 412 g/mol. The van der Waals surface area contributed by atoms with E-state index in [0.29, 0.717) is 0 Å². The standard InChI is InChI=1S/C16H14BrFN2O5/c1-24-16-14(18)11(17)7-12(20(22)23)15(16)19-13(21)9-25-8-10-5-3-2-4-6-10/h2-7H,8-9H2,1H3,(H,19,21). The topological polar surface area (TPSA) is 90.7 Å². The summed E-state index contributed by atoms with van der Waals surface area (Å²) in [6, 6.07) is 10.1. The Labute approximate surface area is 151 Å². The molecule has 9 heteroatoms. The van der Waals surface area contributed by atoms with Crippen LogP contribution in [0.25, 0.3) is 0 Å². The molecule has 0 atom stereocenters. The zero-order valence-corrected chi connectivity index (χ0v) is 14.7. The Morgan fingerprint density at radius 3 is 2.64 bits per heavy atom. The summed E-state index contributed by atoms with van der Waals surface area (Å²) in [6.45, 7) is -0.158. The van der Waals surface area contributed by atoms with Gasteiger partial charge in [-0.2, -0.15) is 0 Å². The van der Waals surface area contributed by atoms with Crippen LogP contribution in [0.1, 0.15) is 5.56 Å². The minimum atomic E-state index is -0.853. The van der Waals surface area contributed by atoms with Crippen LogP contribution in [0.2, 0.25) is 0 Å². The van der Waals surface area contributed by atoms with Gasteiger partial charge in [0.15, 0.2) is 17.3 Å². The summed E-state index contributed by atoms with van der Waals surface area (Å²) in [6.07, 6.45) is 0. The van der Waals surface area contributed by atoms with Crippen molar-refractivity contribution in [1.29, 1.82) is 0 Å². The van der Waals surface area contributed by atoms with E-state index in [2.05, 4.69) is 21.2 Å². The van der Waals surface area contributed by atoms with Gasteiger partial charge >= 0.3 is 0 Å². The van der Waals surface area contributed by atoms with Gasteiger partial charge in [0.2, 0.25) is 0 Å². The number of nitro benzene ring substituents is 1. The molecule has 0 aliphatic rings. The molecule has 0 bridgehead atoms. The molecule has 0 aliphatic heterocycles. The zero-order chi connectivity index (χ0) is 18.4. The van der Waals surface area contributed by atoms with Gasteiger partial charge in [-0.25, -0.2) is 4.39 Å². The molecule has 1 N–H and O–H groups in total. The molecule has 25 heavy (non-hydrogen) atoms.